The van der Waals surface area contributed by atoms with Gasteiger partial charge in [0.2, 0.25) is 0 Å². The van der Waals surface area contributed by atoms with Crippen molar-refractivity contribution in [1.82, 2.24) is 25.0 Å². The van der Waals surface area contributed by atoms with Crippen LogP contribution in [0.2, 0.25) is 0 Å². The Hall–Kier alpha value is -3.39. The quantitative estimate of drug-likeness (QED) is 0.664. The first kappa shape index (κ1) is 26.7. The molecule has 11 heteroatoms. The smallest absolute Gasteiger partial charge is 0.371 e. The fourth-order valence-corrected chi connectivity index (χ4v) is 5.56. The number of pyridine rings is 1. The Kier molecular flexibility index (Phi) is 7.87. The fraction of sp³-hybridized carbons (Fsp3) is 0.538. The second-order valence-corrected chi connectivity index (χ2v) is 9.31. The molecule has 2 aromatic rings. The molecule has 5 rings (SSSR count). The van der Waals surface area contributed by atoms with E-state index in [0.29, 0.717) is 24.2 Å². The van der Waals surface area contributed by atoms with E-state index in [-0.39, 0.29) is 23.9 Å². The van der Waals surface area contributed by atoms with Crippen LogP contribution in [0.4, 0.5) is 19.0 Å². The maximum atomic E-state index is 13.5. The summed E-state index contributed by atoms with van der Waals surface area (Å²) in [5.74, 6) is 1.08. The van der Waals surface area contributed by atoms with Crippen molar-refractivity contribution in [2.24, 2.45) is 5.92 Å². The van der Waals surface area contributed by atoms with Crippen LogP contribution >= 0.6 is 0 Å². The predicted molar refractivity (Wildman–Crippen MR) is 134 cm³/mol. The highest BCUT2D eigenvalue weighted by atomic mass is 19.4. The van der Waals surface area contributed by atoms with E-state index in [1.54, 1.807) is 12.3 Å². The average Bonchev–Trinajstić information content (AvgIpc) is 3.56. The van der Waals surface area contributed by atoms with Crippen molar-refractivity contribution in [1.29, 1.82) is 5.26 Å². The van der Waals surface area contributed by atoms with Gasteiger partial charge in [0.15, 0.2) is 0 Å². The number of hydrogen-bond acceptors (Lipinski definition) is 7. The standard InChI is InChI=1S/C24H26F3N7O.C2H6/c1-15(32-8-10-33(11-9-32)20-5-2-16(12-28)13-29-20)17-6-7-34(14-17)19-4-3-18-21(24(25,26)27)23(35)31-30-22(18)19;1-2/h2,5,13,17,19H,1,3-4,6-11,14H2,(H,31,35);1-2H3. The number of rotatable bonds is 4. The molecule has 2 aliphatic heterocycles. The Morgan fingerprint density at radius 1 is 1.16 bits per heavy atom. The number of nitrogens with zero attached hydrogens (tertiary/aromatic N) is 6. The van der Waals surface area contributed by atoms with Gasteiger partial charge in [-0.2, -0.15) is 23.5 Å². The van der Waals surface area contributed by atoms with Gasteiger partial charge in [-0.05, 0) is 43.5 Å². The van der Waals surface area contributed by atoms with E-state index in [0.717, 1.165) is 50.7 Å². The molecule has 1 aliphatic carbocycles. The number of aromatic nitrogens is 3. The molecule has 2 unspecified atom stereocenters. The summed E-state index contributed by atoms with van der Waals surface area (Å²) >= 11 is 0. The number of likely N-dealkylation sites (tertiary alicyclic amines) is 1. The SMILES string of the molecule is C=C(C1CCN(C2CCc3c2n[nH]c(=O)c3C(F)(F)F)C1)N1CCN(c2ccc(C#N)cn2)CC1.CC. The molecule has 2 fully saturated rings. The van der Waals surface area contributed by atoms with Gasteiger partial charge in [0.25, 0.3) is 5.56 Å². The van der Waals surface area contributed by atoms with Gasteiger partial charge in [-0.1, -0.05) is 20.4 Å². The third-order valence-corrected chi connectivity index (χ3v) is 7.40. The van der Waals surface area contributed by atoms with Crippen LogP contribution in [-0.2, 0) is 12.6 Å². The molecule has 4 heterocycles. The van der Waals surface area contributed by atoms with E-state index >= 15 is 0 Å². The minimum atomic E-state index is -4.69. The van der Waals surface area contributed by atoms with Gasteiger partial charge in [0, 0.05) is 50.5 Å². The molecule has 37 heavy (non-hydrogen) atoms. The van der Waals surface area contributed by atoms with E-state index in [4.69, 9.17) is 5.26 Å². The zero-order valence-electron chi connectivity index (χ0n) is 21.2. The Morgan fingerprint density at radius 2 is 1.89 bits per heavy atom. The van der Waals surface area contributed by atoms with Gasteiger partial charge in [0.1, 0.15) is 17.5 Å². The van der Waals surface area contributed by atoms with Crippen LogP contribution in [0.15, 0.2) is 35.4 Å². The zero-order valence-corrected chi connectivity index (χ0v) is 21.2. The molecule has 198 valence electrons. The number of hydrogen-bond donors (Lipinski definition) is 1. The van der Waals surface area contributed by atoms with Crippen molar-refractivity contribution in [2.75, 3.05) is 44.2 Å². The van der Waals surface area contributed by atoms with Crippen molar-refractivity contribution in [2.45, 2.75) is 45.3 Å². The lowest BCUT2D eigenvalue weighted by Gasteiger charge is -2.39. The molecule has 0 amide bonds. The summed E-state index contributed by atoms with van der Waals surface area (Å²) in [6, 6.07) is 5.49. The monoisotopic (exact) mass is 515 g/mol. The minimum Gasteiger partial charge on any atom is -0.371 e. The lowest BCUT2D eigenvalue weighted by molar-refractivity contribution is -0.139. The number of fused-ring (bicyclic) bond motifs is 1. The summed E-state index contributed by atoms with van der Waals surface area (Å²) in [5, 5.41) is 15.0. The number of nitrogens with one attached hydrogen (secondary N) is 1. The third-order valence-electron chi connectivity index (χ3n) is 7.40. The van der Waals surface area contributed by atoms with Crippen molar-refractivity contribution < 1.29 is 13.2 Å². The van der Waals surface area contributed by atoms with Gasteiger partial charge in [-0.15, -0.1) is 0 Å². The highest BCUT2D eigenvalue weighted by Gasteiger charge is 2.43. The maximum Gasteiger partial charge on any atom is 0.422 e. The van der Waals surface area contributed by atoms with E-state index in [9.17, 15) is 18.0 Å². The molecule has 0 spiro atoms. The van der Waals surface area contributed by atoms with Crippen LogP contribution in [-0.4, -0.2) is 64.2 Å². The number of halogens is 3. The molecule has 8 nitrogen and oxygen atoms in total. The first-order chi connectivity index (χ1) is 17.8. The lowest BCUT2D eigenvalue weighted by Crippen LogP contribution is -2.47. The zero-order chi connectivity index (χ0) is 26.7. The molecule has 2 aromatic heterocycles. The van der Waals surface area contributed by atoms with Gasteiger partial charge in [0.05, 0.1) is 17.3 Å². The number of alkyl halides is 3. The number of anilines is 1. The van der Waals surface area contributed by atoms with Crippen LogP contribution < -0.4 is 10.5 Å². The number of nitriles is 1. The van der Waals surface area contributed by atoms with Crippen LogP contribution in [0.25, 0.3) is 0 Å². The Labute approximate surface area is 214 Å². The summed E-state index contributed by atoms with van der Waals surface area (Å²) in [7, 11) is 0. The Morgan fingerprint density at radius 3 is 2.51 bits per heavy atom. The van der Waals surface area contributed by atoms with Crippen molar-refractivity contribution >= 4 is 5.82 Å². The summed E-state index contributed by atoms with van der Waals surface area (Å²) in [5.41, 5.74) is -0.274. The third kappa shape index (κ3) is 5.34. The first-order valence-electron chi connectivity index (χ1n) is 12.7. The Balaban J connectivity index is 0.00000156. The number of piperazine rings is 1. The van der Waals surface area contributed by atoms with Gasteiger partial charge < -0.3 is 9.80 Å². The molecule has 0 saturated carbocycles. The molecule has 0 aromatic carbocycles. The summed E-state index contributed by atoms with van der Waals surface area (Å²) < 4.78 is 40.4. The summed E-state index contributed by atoms with van der Waals surface area (Å²) in [6.45, 7) is 13.0. The van der Waals surface area contributed by atoms with Crippen molar-refractivity contribution in [3.8, 4) is 6.07 Å². The molecule has 2 saturated heterocycles. The van der Waals surface area contributed by atoms with Gasteiger partial charge >= 0.3 is 6.18 Å². The van der Waals surface area contributed by atoms with Crippen molar-refractivity contribution in [3.05, 3.63) is 63.3 Å². The normalized spacial score (nSPS) is 21.7. The highest BCUT2D eigenvalue weighted by molar-refractivity contribution is 5.42. The number of H-pyrrole nitrogens is 1. The first-order valence-corrected chi connectivity index (χ1v) is 12.7. The van der Waals surface area contributed by atoms with Crippen LogP contribution in [0.5, 0.6) is 0 Å². The van der Waals surface area contributed by atoms with E-state index < -0.39 is 17.3 Å². The summed E-state index contributed by atoms with van der Waals surface area (Å²) in [6.07, 6.45) is -1.49. The number of aromatic amines is 1. The maximum absolute atomic E-state index is 13.5. The van der Waals surface area contributed by atoms with Crippen LogP contribution in [0, 0.1) is 17.2 Å². The second kappa shape index (κ2) is 10.9. The molecule has 3 aliphatic rings. The van der Waals surface area contributed by atoms with E-state index in [1.807, 2.05) is 19.9 Å². The second-order valence-electron chi connectivity index (χ2n) is 9.31. The molecule has 2 atom stereocenters. The molecule has 0 radical (unpaired) electrons. The molecular weight excluding hydrogens is 483 g/mol. The lowest BCUT2D eigenvalue weighted by atomic mass is 10.0. The Bertz CT molecular complexity index is 1210. The fourth-order valence-electron chi connectivity index (χ4n) is 5.56. The van der Waals surface area contributed by atoms with Gasteiger partial charge in [-0.25, -0.2) is 10.1 Å². The summed E-state index contributed by atoms with van der Waals surface area (Å²) in [4.78, 5) is 22.9. The molecular formula is C26H32F3N7O. The topological polar surface area (TPSA) is 92.2 Å². The molecule has 1 N–H and O–H groups in total. The predicted octanol–water partition coefficient (Wildman–Crippen LogP) is 3.73. The highest BCUT2D eigenvalue weighted by Crippen LogP contribution is 2.42. The molecule has 0 bridgehead atoms. The van der Waals surface area contributed by atoms with Crippen molar-refractivity contribution in [3.63, 3.8) is 0 Å². The van der Waals surface area contributed by atoms with Crippen LogP contribution in [0.1, 0.15) is 55.1 Å². The van der Waals surface area contributed by atoms with Crippen LogP contribution in [0.3, 0.4) is 0 Å². The largest absolute Gasteiger partial charge is 0.422 e. The van der Waals surface area contributed by atoms with E-state index in [1.165, 1.54) is 0 Å². The van der Waals surface area contributed by atoms with Gasteiger partial charge in [-0.3, -0.25) is 9.69 Å². The van der Waals surface area contributed by atoms with E-state index in [2.05, 4.69) is 42.5 Å². The average molecular weight is 516 g/mol. The minimum absolute atomic E-state index is 0.0426.